The van der Waals surface area contributed by atoms with Crippen LogP contribution in [0.4, 0.5) is 0 Å². The number of piperidine rings is 1. The molecule has 5 heteroatoms. The van der Waals surface area contributed by atoms with E-state index >= 15 is 0 Å². The van der Waals surface area contributed by atoms with Crippen LogP contribution in [-0.4, -0.2) is 25.8 Å². The van der Waals surface area contributed by atoms with Crippen molar-refractivity contribution >= 4 is 10.2 Å². The first-order valence-electron chi connectivity index (χ1n) is 5.97. The molecule has 94 valence electrons. The fraction of sp³-hybridized carbons (Fsp3) is 0.500. The molecule has 0 bridgehead atoms. The second kappa shape index (κ2) is 5.62. The van der Waals surface area contributed by atoms with Gasteiger partial charge in [0.15, 0.2) is 0 Å². The van der Waals surface area contributed by atoms with Gasteiger partial charge in [-0.1, -0.05) is 36.8 Å². The van der Waals surface area contributed by atoms with Crippen LogP contribution in [0.1, 0.15) is 24.8 Å². The van der Waals surface area contributed by atoms with Gasteiger partial charge in [-0.2, -0.15) is 17.4 Å². The SMILES string of the molecule is O=S(=O)(NCc1ccccc1)N1CCCCC1. The Morgan fingerprint density at radius 2 is 1.71 bits per heavy atom. The van der Waals surface area contributed by atoms with Crippen molar-refractivity contribution in [1.82, 2.24) is 9.03 Å². The van der Waals surface area contributed by atoms with Gasteiger partial charge in [0.1, 0.15) is 0 Å². The van der Waals surface area contributed by atoms with Crippen LogP contribution < -0.4 is 4.72 Å². The first-order valence-corrected chi connectivity index (χ1v) is 7.41. The summed E-state index contributed by atoms with van der Waals surface area (Å²) in [5.74, 6) is 0. The average molecular weight is 254 g/mol. The summed E-state index contributed by atoms with van der Waals surface area (Å²) < 4.78 is 28.1. The molecule has 1 aromatic carbocycles. The van der Waals surface area contributed by atoms with Crippen LogP contribution in [0, 0.1) is 0 Å². The van der Waals surface area contributed by atoms with Crippen molar-refractivity contribution in [2.45, 2.75) is 25.8 Å². The monoisotopic (exact) mass is 254 g/mol. The molecule has 1 aromatic rings. The minimum Gasteiger partial charge on any atom is -0.198 e. The van der Waals surface area contributed by atoms with Gasteiger partial charge in [-0.3, -0.25) is 0 Å². The smallest absolute Gasteiger partial charge is 0.198 e. The molecule has 2 rings (SSSR count). The summed E-state index contributed by atoms with van der Waals surface area (Å²) in [6, 6.07) is 9.56. The molecule has 1 aliphatic rings. The van der Waals surface area contributed by atoms with Crippen molar-refractivity contribution in [3.05, 3.63) is 35.9 Å². The Morgan fingerprint density at radius 3 is 2.35 bits per heavy atom. The summed E-state index contributed by atoms with van der Waals surface area (Å²) in [4.78, 5) is 0. The van der Waals surface area contributed by atoms with E-state index in [1.54, 1.807) is 4.31 Å². The van der Waals surface area contributed by atoms with Crippen LogP contribution in [0.15, 0.2) is 30.3 Å². The predicted octanol–water partition coefficient (Wildman–Crippen LogP) is 1.51. The first kappa shape index (κ1) is 12.5. The molecule has 0 amide bonds. The lowest BCUT2D eigenvalue weighted by Gasteiger charge is -2.25. The van der Waals surface area contributed by atoms with E-state index in [1.807, 2.05) is 30.3 Å². The highest BCUT2D eigenvalue weighted by atomic mass is 32.2. The molecule has 1 N–H and O–H groups in total. The summed E-state index contributed by atoms with van der Waals surface area (Å²) in [5, 5.41) is 0. The number of hydrogen-bond acceptors (Lipinski definition) is 2. The molecule has 0 spiro atoms. The summed E-state index contributed by atoms with van der Waals surface area (Å²) in [6.07, 6.45) is 3.06. The maximum Gasteiger partial charge on any atom is 0.279 e. The van der Waals surface area contributed by atoms with Gasteiger partial charge in [0, 0.05) is 19.6 Å². The molecule has 0 aliphatic carbocycles. The number of nitrogens with one attached hydrogen (secondary N) is 1. The van der Waals surface area contributed by atoms with E-state index in [0.717, 1.165) is 24.8 Å². The molecule has 1 saturated heterocycles. The molecular formula is C12H18N2O2S. The van der Waals surface area contributed by atoms with Crippen molar-refractivity contribution < 1.29 is 8.42 Å². The van der Waals surface area contributed by atoms with Crippen LogP contribution in [-0.2, 0) is 16.8 Å². The molecule has 0 radical (unpaired) electrons. The molecule has 1 heterocycles. The normalized spacial score (nSPS) is 18.1. The standard InChI is InChI=1S/C12H18N2O2S/c15-17(16,14-9-5-2-6-10-14)13-11-12-7-3-1-4-8-12/h1,3-4,7-8,13H,2,5-6,9-11H2. The number of nitrogens with zero attached hydrogens (tertiary/aromatic N) is 1. The average Bonchev–Trinajstić information content (AvgIpc) is 2.39. The van der Waals surface area contributed by atoms with E-state index in [2.05, 4.69) is 4.72 Å². The Labute approximate surface area is 103 Å². The molecule has 17 heavy (non-hydrogen) atoms. The molecule has 1 fully saturated rings. The third-order valence-corrected chi connectivity index (χ3v) is 4.51. The number of rotatable bonds is 4. The molecule has 4 nitrogen and oxygen atoms in total. The Hall–Kier alpha value is -0.910. The fourth-order valence-corrected chi connectivity index (χ4v) is 3.24. The second-order valence-corrected chi connectivity index (χ2v) is 6.03. The van der Waals surface area contributed by atoms with E-state index < -0.39 is 10.2 Å². The van der Waals surface area contributed by atoms with Gasteiger partial charge in [-0.25, -0.2) is 0 Å². The molecule has 0 saturated carbocycles. The van der Waals surface area contributed by atoms with Gasteiger partial charge in [-0.15, -0.1) is 0 Å². The zero-order chi connectivity index (χ0) is 12.1. The minimum atomic E-state index is -3.30. The third kappa shape index (κ3) is 3.52. The zero-order valence-electron chi connectivity index (χ0n) is 9.80. The Morgan fingerprint density at radius 1 is 1.06 bits per heavy atom. The van der Waals surface area contributed by atoms with E-state index in [0.29, 0.717) is 19.6 Å². The summed E-state index contributed by atoms with van der Waals surface area (Å²) in [7, 11) is -3.30. The minimum absolute atomic E-state index is 0.361. The largest absolute Gasteiger partial charge is 0.279 e. The van der Waals surface area contributed by atoms with Crippen LogP contribution >= 0.6 is 0 Å². The van der Waals surface area contributed by atoms with Crippen molar-refractivity contribution in [2.24, 2.45) is 0 Å². The van der Waals surface area contributed by atoms with Crippen molar-refractivity contribution in [3.8, 4) is 0 Å². The van der Waals surface area contributed by atoms with Gasteiger partial charge < -0.3 is 0 Å². The predicted molar refractivity (Wildman–Crippen MR) is 67.6 cm³/mol. The quantitative estimate of drug-likeness (QED) is 0.885. The molecule has 1 aliphatic heterocycles. The van der Waals surface area contributed by atoms with Crippen LogP contribution in [0.3, 0.4) is 0 Å². The number of hydrogen-bond donors (Lipinski definition) is 1. The van der Waals surface area contributed by atoms with Gasteiger partial charge in [0.05, 0.1) is 0 Å². The second-order valence-electron chi connectivity index (χ2n) is 4.27. The first-order chi connectivity index (χ1) is 8.18. The lowest BCUT2D eigenvalue weighted by atomic mass is 10.2. The highest BCUT2D eigenvalue weighted by Crippen LogP contribution is 2.12. The highest BCUT2D eigenvalue weighted by molar-refractivity contribution is 7.87. The Bertz CT molecular complexity index is 439. The van der Waals surface area contributed by atoms with Crippen LogP contribution in [0.2, 0.25) is 0 Å². The maximum absolute atomic E-state index is 12.0. The Balaban J connectivity index is 1.93. The van der Waals surface area contributed by atoms with Crippen LogP contribution in [0.25, 0.3) is 0 Å². The van der Waals surface area contributed by atoms with Gasteiger partial charge in [-0.05, 0) is 18.4 Å². The van der Waals surface area contributed by atoms with Gasteiger partial charge in [0.25, 0.3) is 10.2 Å². The van der Waals surface area contributed by atoms with E-state index in [9.17, 15) is 8.42 Å². The van der Waals surface area contributed by atoms with Crippen molar-refractivity contribution in [1.29, 1.82) is 0 Å². The lowest BCUT2D eigenvalue weighted by Crippen LogP contribution is -2.43. The van der Waals surface area contributed by atoms with Crippen molar-refractivity contribution in [2.75, 3.05) is 13.1 Å². The van der Waals surface area contributed by atoms with Crippen LogP contribution in [0.5, 0.6) is 0 Å². The fourth-order valence-electron chi connectivity index (χ4n) is 1.97. The number of benzene rings is 1. The topological polar surface area (TPSA) is 49.4 Å². The Kier molecular flexibility index (Phi) is 4.15. The maximum atomic E-state index is 12.0. The summed E-state index contributed by atoms with van der Waals surface area (Å²) in [5.41, 5.74) is 0.980. The van der Waals surface area contributed by atoms with E-state index in [1.165, 1.54) is 0 Å². The van der Waals surface area contributed by atoms with Crippen molar-refractivity contribution in [3.63, 3.8) is 0 Å². The molecule has 0 atom stereocenters. The highest BCUT2D eigenvalue weighted by Gasteiger charge is 2.22. The van der Waals surface area contributed by atoms with E-state index in [-0.39, 0.29) is 0 Å². The zero-order valence-corrected chi connectivity index (χ0v) is 10.6. The molecule has 0 unspecified atom stereocenters. The molecular weight excluding hydrogens is 236 g/mol. The lowest BCUT2D eigenvalue weighted by molar-refractivity contribution is 0.341. The summed E-state index contributed by atoms with van der Waals surface area (Å²) >= 11 is 0. The molecule has 0 aromatic heterocycles. The summed E-state index contributed by atoms with van der Waals surface area (Å²) in [6.45, 7) is 1.65. The van der Waals surface area contributed by atoms with Gasteiger partial charge in [0.2, 0.25) is 0 Å². The van der Waals surface area contributed by atoms with Gasteiger partial charge >= 0.3 is 0 Å². The van der Waals surface area contributed by atoms with E-state index in [4.69, 9.17) is 0 Å². The third-order valence-electron chi connectivity index (χ3n) is 2.96.